The lowest BCUT2D eigenvalue weighted by Crippen LogP contribution is -2.23. The Balaban J connectivity index is 1.43. The van der Waals surface area contributed by atoms with Crippen molar-refractivity contribution in [2.24, 2.45) is 5.92 Å². The predicted octanol–water partition coefficient (Wildman–Crippen LogP) is 2.90. The van der Waals surface area contributed by atoms with E-state index in [1.807, 2.05) is 0 Å². The summed E-state index contributed by atoms with van der Waals surface area (Å²) in [6.07, 6.45) is 5.21. The van der Waals surface area contributed by atoms with Crippen LogP contribution in [0.3, 0.4) is 0 Å². The van der Waals surface area contributed by atoms with E-state index in [2.05, 4.69) is 35.5 Å². The van der Waals surface area contributed by atoms with Gasteiger partial charge >= 0.3 is 0 Å². The summed E-state index contributed by atoms with van der Waals surface area (Å²) >= 11 is 0. The van der Waals surface area contributed by atoms with Crippen LogP contribution in [0.15, 0.2) is 18.2 Å². The van der Waals surface area contributed by atoms with E-state index >= 15 is 0 Å². The average Bonchev–Trinajstić information content (AvgIpc) is 3.28. The molecule has 0 aromatic heterocycles. The Bertz CT molecular complexity index is 443. The van der Waals surface area contributed by atoms with Gasteiger partial charge in [-0.15, -0.1) is 0 Å². The molecule has 0 amide bonds. The van der Waals surface area contributed by atoms with Crippen LogP contribution in [0.5, 0.6) is 0 Å². The van der Waals surface area contributed by atoms with Crippen molar-refractivity contribution in [3.05, 3.63) is 29.3 Å². The monoisotopic (exact) mass is 274 g/mol. The fourth-order valence-electron chi connectivity index (χ4n) is 2.77. The molecule has 0 saturated heterocycles. The summed E-state index contributed by atoms with van der Waals surface area (Å²) in [6, 6.07) is 6.85. The van der Waals surface area contributed by atoms with Gasteiger partial charge in [-0.05, 0) is 55.8 Å². The number of ether oxygens (including phenoxy) is 1. The summed E-state index contributed by atoms with van der Waals surface area (Å²) in [4.78, 5) is 2.35. The molecule has 3 nitrogen and oxygen atoms in total. The van der Waals surface area contributed by atoms with Crippen LogP contribution in [-0.2, 0) is 17.7 Å². The average molecular weight is 274 g/mol. The van der Waals surface area contributed by atoms with Crippen LogP contribution in [0, 0.1) is 5.92 Å². The maximum absolute atomic E-state index is 5.70. The highest BCUT2D eigenvalue weighted by molar-refractivity contribution is 5.54. The Morgan fingerprint density at radius 2 is 2.25 bits per heavy atom. The minimum absolute atomic E-state index is 0.861. The molecule has 0 bridgehead atoms. The van der Waals surface area contributed by atoms with E-state index in [9.17, 15) is 0 Å². The second-order valence-electron chi connectivity index (χ2n) is 6.28. The SMILES string of the molecule is CN(CCOCC1CC1)Cc1ccc2c(c1)CCCN2. The number of hydrogen-bond donors (Lipinski definition) is 1. The quantitative estimate of drug-likeness (QED) is 0.774. The Kier molecular flexibility index (Phi) is 4.58. The molecule has 1 saturated carbocycles. The molecule has 1 aromatic rings. The number of nitrogens with one attached hydrogen (secondary N) is 1. The molecule has 1 aromatic carbocycles. The zero-order valence-electron chi connectivity index (χ0n) is 12.5. The Morgan fingerprint density at radius 3 is 3.10 bits per heavy atom. The van der Waals surface area contributed by atoms with Crippen LogP contribution < -0.4 is 5.32 Å². The van der Waals surface area contributed by atoms with Crippen LogP contribution in [0.4, 0.5) is 5.69 Å². The molecular weight excluding hydrogens is 248 g/mol. The van der Waals surface area contributed by atoms with E-state index in [0.29, 0.717) is 0 Å². The third-order valence-electron chi connectivity index (χ3n) is 4.23. The highest BCUT2D eigenvalue weighted by Gasteiger charge is 2.20. The molecule has 1 aliphatic carbocycles. The fourth-order valence-corrected chi connectivity index (χ4v) is 2.77. The van der Waals surface area contributed by atoms with Crippen LogP contribution in [-0.4, -0.2) is 38.3 Å². The summed E-state index contributed by atoms with van der Waals surface area (Å²) in [5, 5.41) is 3.47. The largest absolute Gasteiger partial charge is 0.385 e. The van der Waals surface area contributed by atoms with Gasteiger partial charge in [0.25, 0.3) is 0 Å². The van der Waals surface area contributed by atoms with Gasteiger partial charge < -0.3 is 10.1 Å². The number of hydrogen-bond acceptors (Lipinski definition) is 3. The standard InChI is InChI=1S/C17H26N2O/c1-19(9-10-20-13-14-4-5-14)12-15-6-7-17-16(11-15)3-2-8-18-17/h6-7,11,14,18H,2-5,8-10,12-13H2,1H3. The molecule has 0 atom stereocenters. The first-order chi connectivity index (χ1) is 9.81. The summed E-state index contributed by atoms with van der Waals surface area (Å²) in [6.45, 7) is 4.98. The molecule has 0 radical (unpaired) electrons. The molecule has 1 N–H and O–H groups in total. The first-order valence-corrected chi connectivity index (χ1v) is 7.93. The molecule has 1 aliphatic heterocycles. The van der Waals surface area contributed by atoms with Crippen LogP contribution in [0.1, 0.15) is 30.4 Å². The van der Waals surface area contributed by atoms with Crippen LogP contribution in [0.25, 0.3) is 0 Å². The first kappa shape index (κ1) is 13.9. The van der Waals surface area contributed by atoms with Gasteiger partial charge in [-0.25, -0.2) is 0 Å². The van der Waals surface area contributed by atoms with E-state index in [-0.39, 0.29) is 0 Å². The third kappa shape index (κ3) is 3.97. The van der Waals surface area contributed by atoms with Gasteiger partial charge in [-0.2, -0.15) is 0 Å². The zero-order valence-corrected chi connectivity index (χ0v) is 12.5. The maximum atomic E-state index is 5.70. The van der Waals surface area contributed by atoms with Crippen molar-refractivity contribution >= 4 is 5.69 Å². The van der Waals surface area contributed by atoms with Crippen molar-refractivity contribution in [2.45, 2.75) is 32.2 Å². The van der Waals surface area contributed by atoms with Crippen molar-refractivity contribution in [1.82, 2.24) is 4.90 Å². The number of fused-ring (bicyclic) bond motifs is 1. The van der Waals surface area contributed by atoms with E-state index in [4.69, 9.17) is 4.74 Å². The second-order valence-corrected chi connectivity index (χ2v) is 6.28. The molecule has 3 heteroatoms. The molecule has 3 rings (SSSR count). The fraction of sp³-hybridized carbons (Fsp3) is 0.647. The van der Waals surface area contributed by atoms with Crippen molar-refractivity contribution in [2.75, 3.05) is 38.7 Å². The van der Waals surface area contributed by atoms with Gasteiger partial charge in [-0.3, -0.25) is 4.90 Å². The number of aryl methyl sites for hydroxylation is 1. The van der Waals surface area contributed by atoms with Crippen molar-refractivity contribution in [3.8, 4) is 0 Å². The minimum atomic E-state index is 0.861. The van der Waals surface area contributed by atoms with Gasteiger partial charge in [0.15, 0.2) is 0 Å². The lowest BCUT2D eigenvalue weighted by molar-refractivity contribution is 0.102. The van der Waals surface area contributed by atoms with Gasteiger partial charge in [-0.1, -0.05) is 12.1 Å². The highest BCUT2D eigenvalue weighted by atomic mass is 16.5. The highest BCUT2D eigenvalue weighted by Crippen LogP contribution is 2.28. The number of benzene rings is 1. The molecule has 110 valence electrons. The number of likely N-dealkylation sites (N-methyl/N-ethyl adjacent to an activating group) is 1. The van der Waals surface area contributed by atoms with Crippen molar-refractivity contribution < 1.29 is 4.74 Å². The molecule has 1 heterocycles. The summed E-state index contributed by atoms with van der Waals surface area (Å²) in [5.41, 5.74) is 4.22. The van der Waals surface area contributed by atoms with Crippen molar-refractivity contribution in [3.63, 3.8) is 0 Å². The summed E-state index contributed by atoms with van der Waals surface area (Å²) in [7, 11) is 2.18. The maximum Gasteiger partial charge on any atom is 0.0593 e. The molecule has 20 heavy (non-hydrogen) atoms. The molecule has 0 spiro atoms. The van der Waals surface area contributed by atoms with Crippen LogP contribution >= 0.6 is 0 Å². The number of anilines is 1. The Morgan fingerprint density at radius 1 is 1.35 bits per heavy atom. The summed E-state index contributed by atoms with van der Waals surface area (Å²) < 4.78 is 5.70. The Hall–Kier alpha value is -1.06. The molecule has 1 fully saturated rings. The predicted molar refractivity (Wildman–Crippen MR) is 83.1 cm³/mol. The molecule has 0 unspecified atom stereocenters. The normalized spacial score (nSPS) is 17.9. The second kappa shape index (κ2) is 6.59. The first-order valence-electron chi connectivity index (χ1n) is 7.93. The topological polar surface area (TPSA) is 24.5 Å². The van der Waals surface area contributed by atoms with E-state index in [1.54, 1.807) is 0 Å². The van der Waals surface area contributed by atoms with Gasteiger partial charge in [0.05, 0.1) is 6.61 Å². The minimum Gasteiger partial charge on any atom is -0.385 e. The number of rotatable bonds is 7. The van der Waals surface area contributed by atoms with E-state index in [0.717, 1.165) is 38.8 Å². The van der Waals surface area contributed by atoms with Gasteiger partial charge in [0.1, 0.15) is 0 Å². The summed E-state index contributed by atoms with van der Waals surface area (Å²) in [5.74, 6) is 0.869. The number of nitrogens with zero attached hydrogens (tertiary/aromatic N) is 1. The van der Waals surface area contributed by atoms with E-state index in [1.165, 1.54) is 42.5 Å². The smallest absolute Gasteiger partial charge is 0.0593 e. The Labute approximate surface area is 122 Å². The third-order valence-corrected chi connectivity index (χ3v) is 4.23. The molecule has 2 aliphatic rings. The van der Waals surface area contributed by atoms with Gasteiger partial charge in [0.2, 0.25) is 0 Å². The van der Waals surface area contributed by atoms with E-state index < -0.39 is 0 Å². The molecular formula is C17H26N2O. The van der Waals surface area contributed by atoms with Crippen molar-refractivity contribution in [1.29, 1.82) is 0 Å². The lowest BCUT2D eigenvalue weighted by atomic mass is 10.0. The zero-order chi connectivity index (χ0) is 13.8. The van der Waals surface area contributed by atoms with Gasteiger partial charge in [0, 0.05) is 31.9 Å². The van der Waals surface area contributed by atoms with Crippen LogP contribution in [0.2, 0.25) is 0 Å². The lowest BCUT2D eigenvalue weighted by Gasteiger charge is -2.21.